The van der Waals surface area contributed by atoms with Crippen molar-refractivity contribution < 1.29 is 9.18 Å². The van der Waals surface area contributed by atoms with E-state index in [2.05, 4.69) is 0 Å². The average Bonchev–Trinajstić information content (AvgIpc) is 1.88. The highest BCUT2D eigenvalue weighted by Gasteiger charge is 2.14. The van der Waals surface area contributed by atoms with Gasteiger partial charge in [0.1, 0.15) is 5.83 Å². The van der Waals surface area contributed by atoms with Crippen molar-refractivity contribution >= 4 is 16.8 Å². The van der Waals surface area contributed by atoms with Crippen LogP contribution in [-0.2, 0) is 4.79 Å². The summed E-state index contributed by atoms with van der Waals surface area (Å²) < 4.78 is 12.2. The fourth-order valence-electron chi connectivity index (χ4n) is 0.763. The van der Waals surface area contributed by atoms with E-state index in [0.29, 0.717) is 6.42 Å². The van der Waals surface area contributed by atoms with Crippen molar-refractivity contribution in [2.24, 2.45) is 5.92 Å². The van der Waals surface area contributed by atoms with E-state index >= 15 is 0 Å². The molecule has 0 saturated carbocycles. The largest absolute Gasteiger partial charge is 0.281 e. The third kappa shape index (κ3) is 1.67. The van der Waals surface area contributed by atoms with E-state index in [9.17, 15) is 9.18 Å². The molecule has 1 rings (SSSR count). The van der Waals surface area contributed by atoms with E-state index in [1.807, 2.05) is 0 Å². The van der Waals surface area contributed by atoms with Crippen LogP contribution in [0.25, 0.3) is 0 Å². The van der Waals surface area contributed by atoms with Gasteiger partial charge in [-0.3, -0.25) is 4.79 Å². The molecule has 1 atom stereocenters. The van der Waals surface area contributed by atoms with E-state index in [-0.39, 0.29) is 11.7 Å². The van der Waals surface area contributed by atoms with Gasteiger partial charge in [-0.05, 0) is 30.2 Å². The lowest BCUT2D eigenvalue weighted by Crippen LogP contribution is -2.06. The number of hydrogen-bond acceptors (Lipinski definition) is 1. The summed E-state index contributed by atoms with van der Waals surface area (Å²) in [5.41, 5.74) is 0. The topological polar surface area (TPSA) is 17.1 Å². The first kappa shape index (κ1) is 7.48. The van der Waals surface area contributed by atoms with Crippen molar-refractivity contribution in [2.75, 3.05) is 0 Å². The van der Waals surface area contributed by atoms with Gasteiger partial charge < -0.3 is 0 Å². The quantitative estimate of drug-likeness (QED) is 0.538. The van der Waals surface area contributed by atoms with Crippen molar-refractivity contribution in [3.63, 3.8) is 0 Å². The zero-order chi connectivity index (χ0) is 7.56. The molecule has 1 unspecified atom stereocenters. The number of allylic oxidation sites excluding steroid dienone is 4. The van der Waals surface area contributed by atoms with Crippen molar-refractivity contribution in [3.05, 3.63) is 24.1 Å². The van der Waals surface area contributed by atoms with Gasteiger partial charge in [-0.2, -0.15) is 0 Å². The second-order valence-electron chi connectivity index (χ2n) is 2.09. The summed E-state index contributed by atoms with van der Waals surface area (Å²) in [5, 5.41) is -0.431. The van der Waals surface area contributed by atoms with E-state index in [1.165, 1.54) is 18.2 Å². The predicted octanol–water partition coefficient (Wildman–Crippen LogP) is 2.18. The summed E-state index contributed by atoms with van der Waals surface area (Å²) in [6.45, 7) is 0. The Balaban J connectivity index is 2.60. The van der Waals surface area contributed by atoms with E-state index in [4.69, 9.17) is 11.6 Å². The van der Waals surface area contributed by atoms with Crippen LogP contribution >= 0.6 is 11.6 Å². The number of hydrogen-bond donors (Lipinski definition) is 0. The Kier molecular flexibility index (Phi) is 2.22. The Hall–Kier alpha value is -0.630. The highest BCUT2D eigenvalue weighted by atomic mass is 35.5. The maximum atomic E-state index is 12.2. The van der Waals surface area contributed by atoms with Gasteiger partial charge in [0, 0.05) is 0 Å². The Morgan fingerprint density at radius 2 is 2.50 bits per heavy atom. The van der Waals surface area contributed by atoms with Gasteiger partial charge >= 0.3 is 0 Å². The molecular formula is C7H6ClFO. The second-order valence-corrected chi connectivity index (χ2v) is 2.47. The number of rotatable bonds is 1. The van der Waals surface area contributed by atoms with Crippen molar-refractivity contribution in [2.45, 2.75) is 6.42 Å². The summed E-state index contributed by atoms with van der Waals surface area (Å²) in [5.74, 6) is -0.629. The van der Waals surface area contributed by atoms with Gasteiger partial charge in [0.15, 0.2) is 0 Å². The zero-order valence-electron chi connectivity index (χ0n) is 5.18. The fourth-order valence-corrected chi connectivity index (χ4v) is 0.924. The molecule has 0 saturated heterocycles. The molecule has 0 heterocycles. The van der Waals surface area contributed by atoms with Crippen LogP contribution in [0.15, 0.2) is 24.1 Å². The molecular weight excluding hydrogens is 155 g/mol. The molecule has 1 nitrogen and oxygen atoms in total. The van der Waals surface area contributed by atoms with Gasteiger partial charge in [-0.1, -0.05) is 6.08 Å². The lowest BCUT2D eigenvalue weighted by molar-refractivity contribution is -0.113. The van der Waals surface area contributed by atoms with Crippen LogP contribution in [0.1, 0.15) is 6.42 Å². The van der Waals surface area contributed by atoms with Gasteiger partial charge in [0.25, 0.3) is 0 Å². The lowest BCUT2D eigenvalue weighted by Gasteiger charge is -2.06. The molecule has 0 amide bonds. The molecule has 0 radical (unpaired) electrons. The summed E-state index contributed by atoms with van der Waals surface area (Å²) in [7, 11) is 0. The molecule has 0 aromatic heterocycles. The normalized spacial score (nSPS) is 24.2. The SMILES string of the molecule is O=C(Cl)C1C=CC(F)=CC1. The standard InChI is InChI=1S/C7H6ClFO/c8-7(10)5-1-3-6(9)4-2-5/h1,3-5H,2H2. The third-order valence-electron chi connectivity index (χ3n) is 1.35. The molecule has 54 valence electrons. The Morgan fingerprint density at radius 1 is 1.80 bits per heavy atom. The zero-order valence-corrected chi connectivity index (χ0v) is 5.94. The number of carbonyl (C=O) groups excluding carboxylic acids is 1. The maximum Gasteiger partial charge on any atom is 0.228 e. The van der Waals surface area contributed by atoms with Gasteiger partial charge in [-0.15, -0.1) is 0 Å². The van der Waals surface area contributed by atoms with E-state index < -0.39 is 5.24 Å². The van der Waals surface area contributed by atoms with Crippen LogP contribution in [0.5, 0.6) is 0 Å². The first-order valence-electron chi connectivity index (χ1n) is 2.93. The highest BCUT2D eigenvalue weighted by Crippen LogP contribution is 2.18. The fraction of sp³-hybridized carbons (Fsp3) is 0.286. The molecule has 3 heteroatoms. The molecule has 0 N–H and O–H groups in total. The monoisotopic (exact) mass is 160 g/mol. The van der Waals surface area contributed by atoms with E-state index in [1.54, 1.807) is 0 Å². The minimum Gasteiger partial charge on any atom is -0.281 e. The minimum atomic E-state index is -0.431. The van der Waals surface area contributed by atoms with E-state index in [0.717, 1.165) is 0 Å². The number of carbonyl (C=O) groups is 1. The molecule has 10 heavy (non-hydrogen) atoms. The summed E-state index contributed by atoms with van der Waals surface area (Å²) in [6.07, 6.45) is 4.47. The molecule has 0 aromatic carbocycles. The Morgan fingerprint density at radius 3 is 2.90 bits per heavy atom. The van der Waals surface area contributed by atoms with Crippen molar-refractivity contribution in [1.29, 1.82) is 0 Å². The van der Waals surface area contributed by atoms with Crippen LogP contribution < -0.4 is 0 Å². The molecule has 0 fully saturated rings. The van der Waals surface area contributed by atoms with Crippen LogP contribution in [0, 0.1) is 5.92 Å². The van der Waals surface area contributed by atoms with Crippen LogP contribution in [0.2, 0.25) is 0 Å². The second kappa shape index (κ2) is 2.97. The van der Waals surface area contributed by atoms with Crippen LogP contribution in [0.4, 0.5) is 4.39 Å². The number of halogens is 2. The van der Waals surface area contributed by atoms with Gasteiger partial charge in [0.05, 0.1) is 5.92 Å². The smallest absolute Gasteiger partial charge is 0.228 e. The molecule has 0 aliphatic heterocycles. The van der Waals surface area contributed by atoms with Gasteiger partial charge in [0.2, 0.25) is 5.24 Å². The average molecular weight is 161 g/mol. The Bertz CT molecular complexity index is 208. The molecule has 0 bridgehead atoms. The summed E-state index contributed by atoms with van der Waals surface area (Å²) in [4.78, 5) is 10.5. The Labute approximate surface area is 63.2 Å². The van der Waals surface area contributed by atoms with Crippen molar-refractivity contribution in [3.8, 4) is 0 Å². The molecule has 1 aliphatic rings. The van der Waals surface area contributed by atoms with Crippen molar-refractivity contribution in [1.82, 2.24) is 0 Å². The van der Waals surface area contributed by atoms with Crippen LogP contribution in [0.3, 0.4) is 0 Å². The maximum absolute atomic E-state index is 12.2. The lowest BCUT2D eigenvalue weighted by atomic mass is 10.0. The molecule has 1 aliphatic carbocycles. The predicted molar refractivity (Wildman–Crippen MR) is 37.3 cm³/mol. The summed E-state index contributed by atoms with van der Waals surface area (Å²) in [6, 6.07) is 0. The summed E-state index contributed by atoms with van der Waals surface area (Å²) >= 11 is 5.16. The minimum absolute atomic E-state index is 0.297. The highest BCUT2D eigenvalue weighted by molar-refractivity contribution is 6.64. The molecule has 0 spiro atoms. The third-order valence-corrected chi connectivity index (χ3v) is 1.63. The van der Waals surface area contributed by atoms with Crippen LogP contribution in [-0.4, -0.2) is 5.24 Å². The first-order chi connectivity index (χ1) is 4.70. The first-order valence-corrected chi connectivity index (χ1v) is 3.31. The molecule has 0 aromatic rings. The van der Waals surface area contributed by atoms with Gasteiger partial charge in [-0.25, -0.2) is 4.39 Å².